The highest BCUT2D eigenvalue weighted by atomic mass is 35.5. The van der Waals surface area contributed by atoms with E-state index in [9.17, 15) is 13.2 Å². The first-order chi connectivity index (χ1) is 13.2. The van der Waals surface area contributed by atoms with E-state index in [0.717, 1.165) is 28.2 Å². The summed E-state index contributed by atoms with van der Waals surface area (Å²) in [4.78, 5) is 16.6. The van der Waals surface area contributed by atoms with Crippen molar-refractivity contribution >= 4 is 49.7 Å². The fourth-order valence-corrected chi connectivity index (χ4v) is 4.54. The predicted molar refractivity (Wildman–Crippen MR) is 113 cm³/mol. The molecule has 3 rings (SSSR count). The van der Waals surface area contributed by atoms with Crippen molar-refractivity contribution in [2.45, 2.75) is 25.2 Å². The molecule has 6 nitrogen and oxygen atoms in total. The van der Waals surface area contributed by atoms with E-state index in [2.05, 4.69) is 15.0 Å². The normalized spacial score (nSPS) is 11.2. The summed E-state index contributed by atoms with van der Waals surface area (Å²) in [5.74, 6) is -0.217. The van der Waals surface area contributed by atoms with Crippen molar-refractivity contribution in [2.24, 2.45) is 0 Å². The van der Waals surface area contributed by atoms with Crippen molar-refractivity contribution in [1.29, 1.82) is 0 Å². The van der Waals surface area contributed by atoms with Gasteiger partial charge in [0.2, 0.25) is 5.91 Å². The highest BCUT2D eigenvalue weighted by molar-refractivity contribution is 7.93. The third kappa shape index (κ3) is 5.09. The molecule has 3 aromatic rings. The number of thiazole rings is 1. The van der Waals surface area contributed by atoms with Crippen molar-refractivity contribution in [3.05, 3.63) is 69.7 Å². The van der Waals surface area contributed by atoms with Crippen LogP contribution in [-0.4, -0.2) is 19.3 Å². The Morgan fingerprint density at radius 2 is 1.86 bits per heavy atom. The maximum Gasteiger partial charge on any atom is 0.263 e. The molecule has 0 aliphatic carbocycles. The number of nitrogens with one attached hydrogen (secondary N) is 2. The van der Waals surface area contributed by atoms with Gasteiger partial charge in [0.05, 0.1) is 17.0 Å². The number of rotatable bonds is 6. The summed E-state index contributed by atoms with van der Waals surface area (Å²) in [6.45, 7) is 3.87. The molecule has 0 unspecified atom stereocenters. The van der Waals surface area contributed by atoms with Gasteiger partial charge in [-0.05, 0) is 55.3 Å². The summed E-state index contributed by atoms with van der Waals surface area (Å²) in [5, 5.41) is 5.17. The number of hydrogen-bond donors (Lipinski definition) is 2. The predicted octanol–water partition coefficient (Wildman–Crippen LogP) is 4.40. The lowest BCUT2D eigenvalue weighted by atomic mass is 10.1. The van der Waals surface area contributed by atoms with E-state index < -0.39 is 10.0 Å². The van der Waals surface area contributed by atoms with Gasteiger partial charge in [0, 0.05) is 16.1 Å². The third-order valence-corrected chi connectivity index (χ3v) is 6.45. The van der Waals surface area contributed by atoms with Gasteiger partial charge < -0.3 is 5.32 Å². The molecule has 0 spiro atoms. The highest BCUT2D eigenvalue weighted by Crippen LogP contribution is 2.22. The highest BCUT2D eigenvalue weighted by Gasteiger charge is 2.17. The van der Waals surface area contributed by atoms with E-state index in [-0.39, 0.29) is 22.4 Å². The van der Waals surface area contributed by atoms with Gasteiger partial charge in [0.1, 0.15) is 0 Å². The number of benzene rings is 2. The smallest absolute Gasteiger partial charge is 0.263 e. The minimum Gasteiger partial charge on any atom is -0.325 e. The number of carbonyl (C=O) groups excluding carboxylic acids is 1. The molecular weight excluding hydrogens is 418 g/mol. The topological polar surface area (TPSA) is 88.2 Å². The molecule has 0 fully saturated rings. The second-order valence-electron chi connectivity index (χ2n) is 6.25. The van der Waals surface area contributed by atoms with Crippen LogP contribution in [-0.2, 0) is 21.2 Å². The number of sulfonamides is 1. The van der Waals surface area contributed by atoms with Gasteiger partial charge >= 0.3 is 0 Å². The van der Waals surface area contributed by atoms with Gasteiger partial charge in [0.15, 0.2) is 5.13 Å². The van der Waals surface area contributed by atoms with Gasteiger partial charge in [-0.2, -0.15) is 0 Å². The Labute approximate surface area is 172 Å². The number of halogens is 1. The van der Waals surface area contributed by atoms with Crippen molar-refractivity contribution in [3.8, 4) is 0 Å². The van der Waals surface area contributed by atoms with Crippen LogP contribution in [0.1, 0.15) is 16.8 Å². The molecule has 0 radical (unpaired) electrons. The Balaban J connectivity index is 1.66. The monoisotopic (exact) mass is 435 g/mol. The summed E-state index contributed by atoms with van der Waals surface area (Å²) in [5.41, 5.74) is 3.26. The molecule has 1 heterocycles. The van der Waals surface area contributed by atoms with E-state index in [1.165, 1.54) is 24.3 Å². The first kappa shape index (κ1) is 20.3. The number of carbonyl (C=O) groups is 1. The molecule has 0 atom stereocenters. The van der Waals surface area contributed by atoms with E-state index in [1.54, 1.807) is 5.38 Å². The molecule has 0 saturated heterocycles. The number of aryl methyl sites for hydroxylation is 2. The van der Waals surface area contributed by atoms with Crippen LogP contribution in [0.15, 0.2) is 52.7 Å². The Morgan fingerprint density at radius 1 is 1.14 bits per heavy atom. The first-order valence-corrected chi connectivity index (χ1v) is 11.1. The molecule has 28 heavy (non-hydrogen) atoms. The molecule has 0 aliphatic rings. The summed E-state index contributed by atoms with van der Waals surface area (Å²) in [6, 6.07) is 11.7. The lowest BCUT2D eigenvalue weighted by Crippen LogP contribution is -2.16. The van der Waals surface area contributed by atoms with Gasteiger partial charge in [-0.15, -0.1) is 11.3 Å². The van der Waals surface area contributed by atoms with Gasteiger partial charge in [-0.1, -0.05) is 23.7 Å². The van der Waals surface area contributed by atoms with Crippen molar-refractivity contribution in [1.82, 2.24) is 4.98 Å². The van der Waals surface area contributed by atoms with Gasteiger partial charge in [0.25, 0.3) is 10.0 Å². The van der Waals surface area contributed by atoms with Crippen LogP contribution in [0.3, 0.4) is 0 Å². The van der Waals surface area contributed by atoms with Crippen molar-refractivity contribution in [3.63, 3.8) is 0 Å². The van der Waals surface area contributed by atoms with Crippen molar-refractivity contribution in [2.75, 3.05) is 10.0 Å². The van der Waals surface area contributed by atoms with Crippen LogP contribution < -0.4 is 10.0 Å². The van der Waals surface area contributed by atoms with E-state index in [1.807, 2.05) is 32.0 Å². The minimum atomic E-state index is -3.77. The number of nitrogens with zero attached hydrogens (tertiary/aromatic N) is 1. The van der Waals surface area contributed by atoms with Crippen LogP contribution >= 0.6 is 22.9 Å². The average Bonchev–Trinajstić information content (AvgIpc) is 3.04. The van der Waals surface area contributed by atoms with Crippen molar-refractivity contribution < 1.29 is 13.2 Å². The molecule has 2 N–H and O–H groups in total. The fourth-order valence-electron chi connectivity index (χ4n) is 2.45. The van der Waals surface area contributed by atoms with Crippen LogP contribution in [0.4, 0.5) is 10.8 Å². The molecule has 1 amide bonds. The molecule has 1 aromatic heterocycles. The zero-order chi connectivity index (χ0) is 20.3. The Hall–Kier alpha value is -2.42. The fraction of sp³-hybridized carbons (Fsp3) is 0.158. The molecule has 146 valence electrons. The molecule has 9 heteroatoms. The van der Waals surface area contributed by atoms with Crippen LogP contribution in [0.25, 0.3) is 0 Å². The quantitative estimate of drug-likeness (QED) is 0.600. The molecule has 0 bridgehead atoms. The maximum atomic E-state index is 12.4. The molecule has 0 saturated carbocycles. The van der Waals surface area contributed by atoms with Crippen LogP contribution in [0.5, 0.6) is 0 Å². The van der Waals surface area contributed by atoms with E-state index in [0.29, 0.717) is 10.7 Å². The van der Waals surface area contributed by atoms with Gasteiger partial charge in [-0.25, -0.2) is 13.4 Å². The second-order valence-corrected chi connectivity index (χ2v) is 9.22. The SMILES string of the molecule is Cc1ccc(C)c(NC(=O)Cc2csc(NS(=O)(=O)c3ccc(Cl)cc3)n2)c1. The minimum absolute atomic E-state index is 0.0482. The zero-order valence-electron chi connectivity index (χ0n) is 15.2. The Morgan fingerprint density at radius 3 is 2.57 bits per heavy atom. The number of anilines is 2. The maximum absolute atomic E-state index is 12.4. The lowest BCUT2D eigenvalue weighted by molar-refractivity contribution is -0.115. The summed E-state index contributed by atoms with van der Waals surface area (Å²) < 4.78 is 27.2. The third-order valence-electron chi connectivity index (χ3n) is 3.91. The second kappa shape index (κ2) is 8.30. The largest absolute Gasteiger partial charge is 0.325 e. The Kier molecular flexibility index (Phi) is 6.02. The number of aromatic nitrogens is 1. The molecular formula is C19H18ClN3O3S2. The van der Waals surface area contributed by atoms with E-state index in [4.69, 9.17) is 11.6 Å². The summed E-state index contributed by atoms with van der Waals surface area (Å²) >= 11 is 6.91. The molecule has 2 aromatic carbocycles. The Bertz CT molecular complexity index is 1110. The number of hydrogen-bond acceptors (Lipinski definition) is 5. The summed E-state index contributed by atoms with van der Waals surface area (Å²) in [6.07, 6.45) is 0.0482. The van der Waals surface area contributed by atoms with Gasteiger partial charge in [-0.3, -0.25) is 9.52 Å². The van der Waals surface area contributed by atoms with Crippen LogP contribution in [0.2, 0.25) is 5.02 Å². The van der Waals surface area contributed by atoms with Crippen LogP contribution in [0, 0.1) is 13.8 Å². The van der Waals surface area contributed by atoms with E-state index >= 15 is 0 Å². The first-order valence-electron chi connectivity index (χ1n) is 8.33. The standard InChI is InChI=1S/C19H18ClN3O3S2/c1-12-3-4-13(2)17(9-12)22-18(24)10-15-11-27-19(21-15)23-28(25,26)16-7-5-14(20)6-8-16/h3-9,11H,10H2,1-2H3,(H,21,23)(H,22,24). The number of amides is 1. The average molecular weight is 436 g/mol. The lowest BCUT2D eigenvalue weighted by Gasteiger charge is -2.08. The summed E-state index contributed by atoms with van der Waals surface area (Å²) in [7, 11) is -3.77. The zero-order valence-corrected chi connectivity index (χ0v) is 17.6. The molecule has 0 aliphatic heterocycles.